The fraction of sp³-hybridized carbons (Fsp3) is 0.462. The van der Waals surface area contributed by atoms with Crippen LogP contribution in [0.15, 0.2) is 12.1 Å². The highest BCUT2D eigenvalue weighted by molar-refractivity contribution is 5.90. The first-order valence-corrected chi connectivity index (χ1v) is 6.03. The molecule has 1 rings (SSSR count). The Balaban J connectivity index is 2.80. The van der Waals surface area contributed by atoms with Gasteiger partial charge in [0.25, 0.3) is 0 Å². The van der Waals surface area contributed by atoms with Crippen molar-refractivity contribution in [2.75, 3.05) is 13.7 Å². The number of halogens is 2. The SMILES string of the molecule is COC(C)(C)CCOC(=O)c1cc(F)c([N+](=O)[O-])cc1F. The summed E-state index contributed by atoms with van der Waals surface area (Å²) in [5.41, 5.74) is -2.25. The summed E-state index contributed by atoms with van der Waals surface area (Å²) >= 11 is 0. The second kappa shape index (κ2) is 6.57. The monoisotopic (exact) mass is 303 g/mol. The number of esters is 1. The standard InChI is InChI=1S/C13H15F2NO5/c1-13(2,20-3)4-5-21-12(17)8-6-10(15)11(16(18)19)7-9(8)14/h6-7H,4-5H2,1-3H3. The molecule has 0 amide bonds. The van der Waals surface area contributed by atoms with Gasteiger partial charge < -0.3 is 9.47 Å². The van der Waals surface area contributed by atoms with Crippen molar-refractivity contribution in [3.05, 3.63) is 39.4 Å². The van der Waals surface area contributed by atoms with Crippen LogP contribution in [0.25, 0.3) is 0 Å². The van der Waals surface area contributed by atoms with Crippen molar-refractivity contribution in [3.8, 4) is 0 Å². The maximum absolute atomic E-state index is 13.6. The number of nitrogens with zero attached hydrogens (tertiary/aromatic N) is 1. The van der Waals surface area contributed by atoms with Crippen LogP contribution >= 0.6 is 0 Å². The zero-order valence-electron chi connectivity index (χ0n) is 11.8. The van der Waals surface area contributed by atoms with Gasteiger partial charge in [-0.05, 0) is 19.9 Å². The van der Waals surface area contributed by atoms with E-state index in [9.17, 15) is 23.7 Å². The van der Waals surface area contributed by atoms with Crippen molar-refractivity contribution >= 4 is 11.7 Å². The van der Waals surface area contributed by atoms with Gasteiger partial charge in [-0.3, -0.25) is 10.1 Å². The molecule has 0 heterocycles. The van der Waals surface area contributed by atoms with E-state index < -0.39 is 39.4 Å². The zero-order valence-corrected chi connectivity index (χ0v) is 11.8. The summed E-state index contributed by atoms with van der Waals surface area (Å²) in [4.78, 5) is 21.0. The van der Waals surface area contributed by atoms with Crippen LogP contribution < -0.4 is 0 Å². The average molecular weight is 303 g/mol. The van der Waals surface area contributed by atoms with Gasteiger partial charge in [-0.25, -0.2) is 9.18 Å². The summed E-state index contributed by atoms with van der Waals surface area (Å²) in [6.07, 6.45) is 0.353. The quantitative estimate of drug-likeness (QED) is 0.458. The Bertz CT molecular complexity index is 560. The molecule has 0 saturated heterocycles. The summed E-state index contributed by atoms with van der Waals surface area (Å²) in [6.45, 7) is 3.48. The highest BCUT2D eigenvalue weighted by Crippen LogP contribution is 2.22. The third-order valence-corrected chi connectivity index (χ3v) is 2.94. The van der Waals surface area contributed by atoms with Crippen molar-refractivity contribution in [2.45, 2.75) is 25.9 Å². The molecule has 8 heteroatoms. The summed E-state index contributed by atoms with van der Waals surface area (Å²) in [7, 11) is 1.49. The Morgan fingerprint density at radius 2 is 1.95 bits per heavy atom. The van der Waals surface area contributed by atoms with E-state index in [-0.39, 0.29) is 6.61 Å². The molecule has 21 heavy (non-hydrogen) atoms. The first-order chi connectivity index (χ1) is 9.68. The minimum atomic E-state index is -1.30. The van der Waals surface area contributed by atoms with Crippen molar-refractivity contribution < 1.29 is 28.0 Å². The summed E-state index contributed by atoms with van der Waals surface area (Å²) in [6, 6.07) is 0.808. The average Bonchev–Trinajstić information content (AvgIpc) is 2.40. The summed E-state index contributed by atoms with van der Waals surface area (Å²) in [5.74, 6) is -3.60. The number of nitro groups is 1. The van der Waals surface area contributed by atoms with Crippen LogP contribution in [-0.4, -0.2) is 30.2 Å². The van der Waals surface area contributed by atoms with Gasteiger partial charge in [0.2, 0.25) is 5.82 Å². The van der Waals surface area contributed by atoms with E-state index in [0.717, 1.165) is 0 Å². The van der Waals surface area contributed by atoms with Crippen molar-refractivity contribution in [1.29, 1.82) is 0 Å². The molecule has 1 aromatic rings. The largest absolute Gasteiger partial charge is 0.462 e. The van der Waals surface area contributed by atoms with Gasteiger partial charge in [0.15, 0.2) is 0 Å². The van der Waals surface area contributed by atoms with Crippen LogP contribution in [0.1, 0.15) is 30.6 Å². The lowest BCUT2D eigenvalue weighted by Crippen LogP contribution is -2.25. The molecule has 0 radical (unpaired) electrons. The third kappa shape index (κ3) is 4.45. The molecule has 0 atom stereocenters. The Labute approximate surface area is 119 Å². The van der Waals surface area contributed by atoms with Crippen molar-refractivity contribution in [2.24, 2.45) is 0 Å². The van der Waals surface area contributed by atoms with Gasteiger partial charge >= 0.3 is 11.7 Å². The molecular weight excluding hydrogens is 288 g/mol. The van der Waals surface area contributed by atoms with E-state index >= 15 is 0 Å². The van der Waals surface area contributed by atoms with Crippen molar-refractivity contribution in [1.82, 2.24) is 0 Å². The Hall–Kier alpha value is -2.09. The normalized spacial score (nSPS) is 11.3. The highest BCUT2D eigenvalue weighted by Gasteiger charge is 2.23. The van der Waals surface area contributed by atoms with E-state index in [4.69, 9.17) is 9.47 Å². The number of benzene rings is 1. The van der Waals surface area contributed by atoms with E-state index in [1.54, 1.807) is 13.8 Å². The van der Waals surface area contributed by atoms with Gasteiger partial charge in [0, 0.05) is 13.5 Å². The predicted molar refractivity (Wildman–Crippen MR) is 69.0 cm³/mol. The molecule has 0 aliphatic carbocycles. The summed E-state index contributed by atoms with van der Waals surface area (Å²) in [5, 5.41) is 10.4. The smallest absolute Gasteiger partial charge is 0.341 e. The number of methoxy groups -OCH3 is 1. The molecule has 0 saturated carbocycles. The zero-order chi connectivity index (χ0) is 16.2. The molecule has 6 nitrogen and oxygen atoms in total. The minimum Gasteiger partial charge on any atom is -0.462 e. The minimum absolute atomic E-state index is 0.0578. The Morgan fingerprint density at radius 1 is 1.33 bits per heavy atom. The second-order valence-electron chi connectivity index (χ2n) is 4.89. The molecular formula is C13H15F2NO5. The van der Waals surface area contributed by atoms with Gasteiger partial charge in [-0.15, -0.1) is 0 Å². The lowest BCUT2D eigenvalue weighted by Gasteiger charge is -2.22. The summed E-state index contributed by atoms with van der Waals surface area (Å²) < 4.78 is 36.9. The third-order valence-electron chi connectivity index (χ3n) is 2.94. The van der Waals surface area contributed by atoms with E-state index in [2.05, 4.69) is 0 Å². The van der Waals surface area contributed by atoms with Crippen LogP contribution in [0.2, 0.25) is 0 Å². The molecule has 0 aliphatic heterocycles. The number of hydrogen-bond donors (Lipinski definition) is 0. The number of rotatable bonds is 6. The van der Waals surface area contributed by atoms with Crippen LogP contribution in [-0.2, 0) is 9.47 Å². The molecule has 0 fully saturated rings. The Kier molecular flexibility index (Phi) is 5.31. The maximum atomic E-state index is 13.6. The fourth-order valence-corrected chi connectivity index (χ4v) is 1.40. The Morgan fingerprint density at radius 3 is 2.48 bits per heavy atom. The highest BCUT2D eigenvalue weighted by atomic mass is 19.1. The number of hydrogen-bond acceptors (Lipinski definition) is 5. The number of carbonyl (C=O) groups is 1. The lowest BCUT2D eigenvalue weighted by molar-refractivity contribution is -0.387. The topological polar surface area (TPSA) is 78.7 Å². The number of nitro benzene ring substituents is 1. The second-order valence-corrected chi connectivity index (χ2v) is 4.89. The van der Waals surface area contributed by atoms with Gasteiger partial charge in [-0.2, -0.15) is 4.39 Å². The van der Waals surface area contributed by atoms with Crippen LogP contribution in [0.4, 0.5) is 14.5 Å². The van der Waals surface area contributed by atoms with E-state index in [0.29, 0.717) is 18.6 Å². The first-order valence-electron chi connectivity index (χ1n) is 6.03. The van der Waals surface area contributed by atoms with Crippen LogP contribution in [0.5, 0.6) is 0 Å². The fourth-order valence-electron chi connectivity index (χ4n) is 1.40. The van der Waals surface area contributed by atoms with Crippen LogP contribution in [0.3, 0.4) is 0 Å². The molecule has 0 unspecified atom stereocenters. The molecule has 0 N–H and O–H groups in total. The van der Waals surface area contributed by atoms with Gasteiger partial charge in [-0.1, -0.05) is 0 Å². The molecule has 1 aromatic carbocycles. The molecule has 0 aromatic heterocycles. The van der Waals surface area contributed by atoms with Crippen molar-refractivity contribution in [3.63, 3.8) is 0 Å². The number of carbonyl (C=O) groups excluding carboxylic acids is 1. The van der Waals surface area contributed by atoms with Gasteiger partial charge in [0.1, 0.15) is 5.82 Å². The van der Waals surface area contributed by atoms with E-state index in [1.165, 1.54) is 7.11 Å². The molecule has 116 valence electrons. The lowest BCUT2D eigenvalue weighted by atomic mass is 10.1. The molecule has 0 spiro atoms. The van der Waals surface area contributed by atoms with E-state index in [1.807, 2.05) is 0 Å². The van der Waals surface area contributed by atoms with Crippen LogP contribution in [0, 0.1) is 21.7 Å². The molecule has 0 bridgehead atoms. The molecule has 0 aliphatic rings. The number of ether oxygens (including phenoxy) is 2. The maximum Gasteiger partial charge on any atom is 0.341 e. The van der Waals surface area contributed by atoms with Gasteiger partial charge in [0.05, 0.1) is 28.8 Å². The predicted octanol–water partition coefficient (Wildman–Crippen LogP) is 2.84. The first kappa shape index (κ1) is 17.0.